The minimum Gasteiger partial charge on any atom is -0.482 e. The van der Waals surface area contributed by atoms with Crippen LogP contribution in [0.25, 0.3) is 5.69 Å². The van der Waals surface area contributed by atoms with Gasteiger partial charge in [-0.2, -0.15) is 5.10 Å². The van der Waals surface area contributed by atoms with E-state index in [1.54, 1.807) is 31.2 Å². The monoisotopic (exact) mass is 431 g/mol. The number of hydrogen-bond acceptors (Lipinski definition) is 5. The number of ether oxygens (including phenoxy) is 2. The molecule has 0 aliphatic heterocycles. The summed E-state index contributed by atoms with van der Waals surface area (Å²) >= 11 is 5.94. The number of hydrogen-bond donors (Lipinski definition) is 1. The van der Waals surface area contributed by atoms with E-state index in [1.807, 2.05) is 6.92 Å². The summed E-state index contributed by atoms with van der Waals surface area (Å²) in [6.45, 7) is 2.73. The third kappa shape index (κ3) is 5.57. The van der Waals surface area contributed by atoms with Gasteiger partial charge in [0, 0.05) is 11.1 Å². The van der Waals surface area contributed by atoms with Gasteiger partial charge in [0.1, 0.15) is 17.4 Å². The molecule has 0 saturated carbocycles. The van der Waals surface area contributed by atoms with Crippen molar-refractivity contribution in [2.24, 2.45) is 0 Å². The highest BCUT2D eigenvalue weighted by Crippen LogP contribution is 2.21. The van der Waals surface area contributed by atoms with Crippen LogP contribution in [0.5, 0.6) is 5.75 Å². The second kappa shape index (κ2) is 9.41. The van der Waals surface area contributed by atoms with Gasteiger partial charge in [-0.3, -0.25) is 4.79 Å². The third-order valence-corrected chi connectivity index (χ3v) is 4.44. The van der Waals surface area contributed by atoms with Crippen molar-refractivity contribution in [1.82, 2.24) is 9.78 Å². The third-order valence-electron chi connectivity index (χ3n) is 4.02. The predicted molar refractivity (Wildman–Crippen MR) is 110 cm³/mol. The Hall–Kier alpha value is -3.39. The lowest BCUT2D eigenvalue weighted by molar-refractivity contribution is -0.149. The molecular weight excluding hydrogens is 413 g/mol. The zero-order valence-corrected chi connectivity index (χ0v) is 17.1. The summed E-state index contributed by atoms with van der Waals surface area (Å²) in [7, 11) is 0. The SMILES string of the molecule is Cc1cc(NC(=O)COC(=O)COc2ccc(Cl)c(C)c2)n(-c2ccc(F)cc2)n1. The van der Waals surface area contributed by atoms with E-state index < -0.39 is 18.5 Å². The second-order valence-electron chi connectivity index (χ2n) is 6.47. The Balaban J connectivity index is 1.53. The molecule has 3 rings (SSSR count). The van der Waals surface area contributed by atoms with Crippen LogP contribution in [-0.4, -0.2) is 34.9 Å². The molecule has 0 fully saturated rings. The molecule has 0 bridgehead atoms. The molecule has 0 radical (unpaired) electrons. The first-order valence-electron chi connectivity index (χ1n) is 8.99. The number of nitrogens with zero attached hydrogens (tertiary/aromatic N) is 2. The highest BCUT2D eigenvalue weighted by Gasteiger charge is 2.13. The molecule has 0 spiro atoms. The largest absolute Gasteiger partial charge is 0.482 e. The molecule has 1 heterocycles. The Labute approximate surface area is 177 Å². The molecule has 3 aromatic rings. The van der Waals surface area contributed by atoms with Gasteiger partial charge in [-0.15, -0.1) is 0 Å². The molecule has 156 valence electrons. The van der Waals surface area contributed by atoms with Crippen LogP contribution in [-0.2, 0) is 14.3 Å². The van der Waals surface area contributed by atoms with Crippen LogP contribution < -0.4 is 10.1 Å². The highest BCUT2D eigenvalue weighted by atomic mass is 35.5. The number of benzene rings is 2. The van der Waals surface area contributed by atoms with E-state index in [2.05, 4.69) is 10.4 Å². The number of anilines is 1. The van der Waals surface area contributed by atoms with Crippen LogP contribution in [0.1, 0.15) is 11.3 Å². The van der Waals surface area contributed by atoms with Gasteiger partial charge >= 0.3 is 5.97 Å². The van der Waals surface area contributed by atoms with E-state index in [9.17, 15) is 14.0 Å². The average molecular weight is 432 g/mol. The number of rotatable bonds is 7. The fraction of sp³-hybridized carbons (Fsp3) is 0.190. The van der Waals surface area contributed by atoms with Crippen LogP contribution in [0.4, 0.5) is 10.2 Å². The van der Waals surface area contributed by atoms with E-state index in [0.717, 1.165) is 5.56 Å². The van der Waals surface area contributed by atoms with E-state index in [0.29, 0.717) is 28.0 Å². The summed E-state index contributed by atoms with van der Waals surface area (Å²) in [5, 5.41) is 7.49. The number of nitrogens with one attached hydrogen (secondary N) is 1. The first kappa shape index (κ1) is 21.3. The van der Waals surface area contributed by atoms with Crippen LogP contribution >= 0.6 is 11.6 Å². The smallest absolute Gasteiger partial charge is 0.344 e. The standard InChI is InChI=1S/C21H19ClFN3O4/c1-13-9-17(7-8-18(13)22)29-12-21(28)30-11-20(27)24-19-10-14(2)25-26(19)16-5-3-15(23)4-6-16/h3-10H,11-12H2,1-2H3,(H,24,27). The maximum atomic E-state index is 13.1. The van der Waals surface area contributed by atoms with Crippen molar-refractivity contribution in [1.29, 1.82) is 0 Å². The summed E-state index contributed by atoms with van der Waals surface area (Å²) in [5.41, 5.74) is 2.04. The highest BCUT2D eigenvalue weighted by molar-refractivity contribution is 6.31. The van der Waals surface area contributed by atoms with Crippen molar-refractivity contribution < 1.29 is 23.5 Å². The molecule has 0 aliphatic rings. The van der Waals surface area contributed by atoms with Gasteiger partial charge in [0.2, 0.25) is 0 Å². The quantitative estimate of drug-likeness (QED) is 0.575. The van der Waals surface area contributed by atoms with Crippen molar-refractivity contribution in [3.63, 3.8) is 0 Å². The van der Waals surface area contributed by atoms with Crippen LogP contribution in [0.2, 0.25) is 5.02 Å². The Morgan fingerprint density at radius 2 is 1.83 bits per heavy atom. The van der Waals surface area contributed by atoms with E-state index in [-0.39, 0.29) is 12.4 Å². The lowest BCUT2D eigenvalue weighted by atomic mass is 10.2. The number of esters is 1. The maximum absolute atomic E-state index is 13.1. The average Bonchev–Trinajstić information content (AvgIpc) is 3.07. The van der Waals surface area contributed by atoms with E-state index in [4.69, 9.17) is 21.1 Å². The molecule has 1 amide bonds. The fourth-order valence-electron chi connectivity index (χ4n) is 2.58. The molecule has 0 aliphatic carbocycles. The normalized spacial score (nSPS) is 10.5. The molecule has 30 heavy (non-hydrogen) atoms. The van der Waals surface area contributed by atoms with Crippen molar-refractivity contribution in [3.05, 3.63) is 70.6 Å². The van der Waals surface area contributed by atoms with Crippen molar-refractivity contribution in [2.75, 3.05) is 18.5 Å². The number of amides is 1. The molecule has 2 aromatic carbocycles. The number of carbonyl (C=O) groups is 2. The lowest BCUT2D eigenvalue weighted by Crippen LogP contribution is -2.24. The van der Waals surface area contributed by atoms with Gasteiger partial charge in [0.15, 0.2) is 13.2 Å². The molecule has 7 nitrogen and oxygen atoms in total. The summed E-state index contributed by atoms with van der Waals surface area (Å²) < 4.78 is 24.9. The van der Waals surface area contributed by atoms with Gasteiger partial charge in [-0.25, -0.2) is 13.9 Å². The molecule has 1 N–H and O–H groups in total. The van der Waals surface area contributed by atoms with Crippen molar-refractivity contribution in [3.8, 4) is 11.4 Å². The summed E-state index contributed by atoms with van der Waals surface area (Å²) in [5.74, 6) is -0.781. The first-order chi connectivity index (χ1) is 14.3. The minimum absolute atomic E-state index is 0.346. The molecule has 0 atom stereocenters. The van der Waals surface area contributed by atoms with E-state index in [1.165, 1.54) is 28.9 Å². The zero-order valence-electron chi connectivity index (χ0n) is 16.3. The molecule has 0 unspecified atom stereocenters. The number of carbonyl (C=O) groups excluding carboxylic acids is 2. The predicted octanol–water partition coefficient (Wildman–Crippen LogP) is 3.84. The summed E-state index contributed by atoms with van der Waals surface area (Å²) in [4.78, 5) is 24.0. The van der Waals surface area contributed by atoms with E-state index >= 15 is 0 Å². The Kier molecular flexibility index (Phi) is 6.68. The topological polar surface area (TPSA) is 82.5 Å². The van der Waals surface area contributed by atoms with Gasteiger partial charge in [0.25, 0.3) is 5.91 Å². The number of halogens is 2. The fourth-order valence-corrected chi connectivity index (χ4v) is 2.70. The molecule has 0 saturated heterocycles. The molecule has 9 heteroatoms. The Morgan fingerprint density at radius 3 is 2.53 bits per heavy atom. The van der Waals surface area contributed by atoms with Gasteiger partial charge in [0.05, 0.1) is 11.4 Å². The Morgan fingerprint density at radius 1 is 1.10 bits per heavy atom. The van der Waals surface area contributed by atoms with Crippen LogP contribution in [0.3, 0.4) is 0 Å². The second-order valence-corrected chi connectivity index (χ2v) is 6.87. The Bertz CT molecular complexity index is 1070. The summed E-state index contributed by atoms with van der Waals surface area (Å²) in [6.07, 6.45) is 0. The zero-order chi connectivity index (χ0) is 21.7. The van der Waals surface area contributed by atoms with Crippen LogP contribution in [0, 0.1) is 19.7 Å². The van der Waals surface area contributed by atoms with Gasteiger partial charge in [-0.05, 0) is 61.9 Å². The van der Waals surface area contributed by atoms with Gasteiger partial charge < -0.3 is 14.8 Å². The molecule has 1 aromatic heterocycles. The number of aryl methyl sites for hydroxylation is 2. The molecular formula is C21H19ClFN3O4. The van der Waals surface area contributed by atoms with Crippen molar-refractivity contribution in [2.45, 2.75) is 13.8 Å². The minimum atomic E-state index is -0.694. The van der Waals surface area contributed by atoms with Crippen molar-refractivity contribution >= 4 is 29.3 Å². The maximum Gasteiger partial charge on any atom is 0.344 e. The van der Waals surface area contributed by atoms with Crippen LogP contribution in [0.15, 0.2) is 48.5 Å². The number of aromatic nitrogens is 2. The summed E-state index contributed by atoms with van der Waals surface area (Å²) in [6, 6.07) is 12.3. The van der Waals surface area contributed by atoms with Gasteiger partial charge in [-0.1, -0.05) is 11.6 Å². The first-order valence-corrected chi connectivity index (χ1v) is 9.36. The lowest BCUT2D eigenvalue weighted by Gasteiger charge is -2.10.